The number of aliphatic hydroxyl groups is 1. The number of benzene rings is 2. The normalized spacial score (nSPS) is 13.1. The molecule has 2 rings (SSSR count). The highest BCUT2D eigenvalue weighted by Gasteiger charge is 2.12. The van der Waals surface area contributed by atoms with Gasteiger partial charge in [-0.1, -0.05) is 6.07 Å². The first-order valence-electron chi connectivity index (χ1n) is 9.37. The number of guanidine groups is 1. The SMILES string of the molecule is CCNC(=NCC(O)COc1ccc(F)cc1)NC(C)c1ccc(OC)c(F)c1.I. The molecule has 2 unspecified atom stereocenters. The zero-order valence-corrected chi connectivity index (χ0v) is 19.5. The molecule has 0 radical (unpaired) electrons. The van der Waals surface area contributed by atoms with Gasteiger partial charge in [0, 0.05) is 6.54 Å². The number of halogens is 3. The maximum Gasteiger partial charge on any atom is 0.191 e. The monoisotopic (exact) mass is 535 g/mol. The van der Waals surface area contributed by atoms with E-state index >= 15 is 0 Å². The lowest BCUT2D eigenvalue weighted by Gasteiger charge is -2.19. The third kappa shape index (κ3) is 8.31. The van der Waals surface area contributed by atoms with Crippen molar-refractivity contribution in [3.8, 4) is 11.5 Å². The molecule has 0 saturated heterocycles. The summed E-state index contributed by atoms with van der Waals surface area (Å²) in [5.41, 5.74) is 0.731. The molecule has 0 bridgehead atoms. The van der Waals surface area contributed by atoms with Gasteiger partial charge in [-0.2, -0.15) is 0 Å². The smallest absolute Gasteiger partial charge is 0.191 e. The van der Waals surface area contributed by atoms with Crippen LogP contribution >= 0.6 is 24.0 Å². The number of nitrogens with zero attached hydrogens (tertiary/aromatic N) is 1. The van der Waals surface area contributed by atoms with Crippen LogP contribution in [-0.4, -0.2) is 44.0 Å². The Morgan fingerprint density at radius 1 is 1.17 bits per heavy atom. The number of methoxy groups -OCH3 is 1. The molecule has 9 heteroatoms. The van der Waals surface area contributed by atoms with E-state index in [0.29, 0.717) is 18.3 Å². The Balaban J connectivity index is 0.00000450. The molecule has 30 heavy (non-hydrogen) atoms. The van der Waals surface area contributed by atoms with Crippen LogP contribution in [0.3, 0.4) is 0 Å². The fraction of sp³-hybridized carbons (Fsp3) is 0.381. The molecule has 0 fully saturated rings. The van der Waals surface area contributed by atoms with Crippen LogP contribution in [0.5, 0.6) is 11.5 Å². The molecule has 6 nitrogen and oxygen atoms in total. The van der Waals surface area contributed by atoms with Gasteiger partial charge in [0.05, 0.1) is 19.7 Å². The third-order valence-corrected chi connectivity index (χ3v) is 4.09. The number of nitrogens with one attached hydrogen (secondary N) is 2. The van der Waals surface area contributed by atoms with Crippen LogP contribution in [0.1, 0.15) is 25.5 Å². The summed E-state index contributed by atoms with van der Waals surface area (Å²) < 4.78 is 37.2. The van der Waals surface area contributed by atoms with Crippen molar-refractivity contribution in [2.45, 2.75) is 26.0 Å². The Morgan fingerprint density at radius 2 is 1.87 bits per heavy atom. The van der Waals surface area contributed by atoms with Crippen molar-refractivity contribution in [3.63, 3.8) is 0 Å². The average molecular weight is 535 g/mol. The summed E-state index contributed by atoms with van der Waals surface area (Å²) in [5.74, 6) is 0.348. The quantitative estimate of drug-likeness (QED) is 0.260. The van der Waals surface area contributed by atoms with Gasteiger partial charge in [0.15, 0.2) is 17.5 Å². The number of rotatable bonds is 9. The molecule has 0 saturated carbocycles. The molecule has 0 heterocycles. The van der Waals surface area contributed by atoms with Gasteiger partial charge in [-0.05, 0) is 55.8 Å². The lowest BCUT2D eigenvalue weighted by molar-refractivity contribution is 0.114. The van der Waals surface area contributed by atoms with Gasteiger partial charge in [-0.25, -0.2) is 8.78 Å². The molecule has 2 aromatic carbocycles. The molecule has 3 N–H and O–H groups in total. The molecule has 0 aliphatic heterocycles. The molecule has 0 amide bonds. The number of aliphatic imine (C=N–C) groups is 1. The van der Waals surface area contributed by atoms with Crippen molar-refractivity contribution >= 4 is 29.9 Å². The van der Waals surface area contributed by atoms with Gasteiger partial charge in [0.25, 0.3) is 0 Å². The van der Waals surface area contributed by atoms with E-state index in [0.717, 1.165) is 5.56 Å². The highest BCUT2D eigenvalue weighted by Crippen LogP contribution is 2.21. The summed E-state index contributed by atoms with van der Waals surface area (Å²) in [6, 6.07) is 10.1. The minimum Gasteiger partial charge on any atom is -0.494 e. The van der Waals surface area contributed by atoms with Crippen molar-refractivity contribution in [2.75, 3.05) is 26.8 Å². The van der Waals surface area contributed by atoms with E-state index in [1.807, 2.05) is 13.8 Å². The Labute approximate surface area is 192 Å². The summed E-state index contributed by atoms with van der Waals surface area (Å²) in [7, 11) is 1.42. The minimum absolute atomic E-state index is 0. The van der Waals surface area contributed by atoms with E-state index in [2.05, 4.69) is 15.6 Å². The first kappa shape index (κ1) is 25.9. The maximum atomic E-state index is 13.9. The predicted octanol–water partition coefficient (Wildman–Crippen LogP) is 3.65. The van der Waals surface area contributed by atoms with E-state index in [-0.39, 0.29) is 54.7 Å². The van der Waals surface area contributed by atoms with Gasteiger partial charge in [-0.3, -0.25) is 4.99 Å². The largest absolute Gasteiger partial charge is 0.494 e. The summed E-state index contributed by atoms with van der Waals surface area (Å²) >= 11 is 0. The summed E-state index contributed by atoms with van der Waals surface area (Å²) in [4.78, 5) is 4.35. The molecule has 0 aliphatic rings. The molecule has 166 valence electrons. The van der Waals surface area contributed by atoms with Crippen LogP contribution in [0.4, 0.5) is 8.78 Å². The first-order valence-corrected chi connectivity index (χ1v) is 9.37. The zero-order valence-electron chi connectivity index (χ0n) is 17.2. The Morgan fingerprint density at radius 3 is 2.47 bits per heavy atom. The first-order chi connectivity index (χ1) is 13.9. The Hall–Kier alpha value is -2.14. The van der Waals surface area contributed by atoms with Crippen molar-refractivity contribution in [1.29, 1.82) is 0 Å². The topological polar surface area (TPSA) is 75.1 Å². The summed E-state index contributed by atoms with van der Waals surface area (Å²) in [6.07, 6.45) is -0.843. The van der Waals surface area contributed by atoms with Gasteiger partial charge in [0.1, 0.15) is 24.3 Å². The van der Waals surface area contributed by atoms with E-state index < -0.39 is 11.9 Å². The predicted molar refractivity (Wildman–Crippen MR) is 124 cm³/mol. The van der Waals surface area contributed by atoms with Gasteiger partial charge >= 0.3 is 0 Å². The Kier molecular flexibility index (Phi) is 11.4. The number of hydrogen-bond acceptors (Lipinski definition) is 4. The van der Waals surface area contributed by atoms with Crippen LogP contribution in [-0.2, 0) is 0 Å². The van der Waals surface area contributed by atoms with Gasteiger partial charge in [-0.15, -0.1) is 24.0 Å². The second-order valence-corrected chi connectivity index (χ2v) is 6.40. The number of ether oxygens (including phenoxy) is 2. The second kappa shape index (κ2) is 13.2. The molecule has 2 atom stereocenters. The van der Waals surface area contributed by atoms with Gasteiger partial charge in [0.2, 0.25) is 0 Å². The fourth-order valence-electron chi connectivity index (χ4n) is 2.53. The van der Waals surface area contributed by atoms with E-state index in [1.54, 1.807) is 12.1 Å². The highest BCUT2D eigenvalue weighted by atomic mass is 127. The lowest BCUT2D eigenvalue weighted by atomic mass is 10.1. The summed E-state index contributed by atoms with van der Waals surface area (Å²) in [6.45, 7) is 4.54. The fourth-order valence-corrected chi connectivity index (χ4v) is 2.53. The minimum atomic E-state index is -0.843. The van der Waals surface area contributed by atoms with Crippen molar-refractivity contribution in [1.82, 2.24) is 10.6 Å². The van der Waals surface area contributed by atoms with Crippen molar-refractivity contribution in [2.24, 2.45) is 4.99 Å². The molecular weight excluding hydrogens is 507 g/mol. The second-order valence-electron chi connectivity index (χ2n) is 6.40. The van der Waals surface area contributed by atoms with Crippen LogP contribution in [0.2, 0.25) is 0 Å². The third-order valence-electron chi connectivity index (χ3n) is 4.09. The van der Waals surface area contributed by atoms with E-state index in [1.165, 1.54) is 37.4 Å². The van der Waals surface area contributed by atoms with Crippen LogP contribution in [0, 0.1) is 11.6 Å². The van der Waals surface area contributed by atoms with Crippen molar-refractivity contribution < 1.29 is 23.4 Å². The molecule has 0 aliphatic carbocycles. The maximum absolute atomic E-state index is 13.9. The molecule has 2 aromatic rings. The standard InChI is InChI=1S/C21H27F2N3O3.HI/c1-4-24-21(26-14(2)15-5-10-20(28-3)19(23)11-15)25-12-17(27)13-29-18-8-6-16(22)7-9-18;/h5-11,14,17,27H,4,12-13H2,1-3H3,(H2,24,25,26);1H. The highest BCUT2D eigenvalue weighted by molar-refractivity contribution is 14.0. The lowest BCUT2D eigenvalue weighted by Crippen LogP contribution is -2.39. The zero-order chi connectivity index (χ0) is 21.2. The van der Waals surface area contributed by atoms with E-state index in [9.17, 15) is 13.9 Å². The van der Waals surface area contributed by atoms with Crippen LogP contribution in [0.15, 0.2) is 47.5 Å². The average Bonchev–Trinajstić information content (AvgIpc) is 2.71. The number of hydrogen-bond donors (Lipinski definition) is 3. The van der Waals surface area contributed by atoms with E-state index in [4.69, 9.17) is 9.47 Å². The molecule has 0 aromatic heterocycles. The van der Waals surface area contributed by atoms with Crippen LogP contribution in [0.25, 0.3) is 0 Å². The van der Waals surface area contributed by atoms with Gasteiger partial charge < -0.3 is 25.2 Å². The van der Waals surface area contributed by atoms with Crippen molar-refractivity contribution in [3.05, 3.63) is 59.7 Å². The molecule has 0 spiro atoms. The Bertz CT molecular complexity index is 807. The number of aliphatic hydroxyl groups excluding tert-OH is 1. The molecular formula is C21H28F2IN3O3. The van der Waals surface area contributed by atoms with Crippen LogP contribution < -0.4 is 20.1 Å². The summed E-state index contributed by atoms with van der Waals surface area (Å²) in [5, 5.41) is 16.4.